The van der Waals surface area contributed by atoms with Crippen molar-refractivity contribution in [3.8, 4) is 0 Å². The summed E-state index contributed by atoms with van der Waals surface area (Å²) in [7, 11) is 0. The Morgan fingerprint density at radius 1 is 1.42 bits per heavy atom. The second-order valence-corrected chi connectivity index (χ2v) is 7.39. The quantitative estimate of drug-likeness (QED) is 0.758. The molecule has 1 aliphatic heterocycles. The van der Waals surface area contributed by atoms with Gasteiger partial charge in [0, 0.05) is 18.0 Å². The molecule has 0 unspecified atom stereocenters. The van der Waals surface area contributed by atoms with E-state index in [1.165, 1.54) is 11.3 Å². The van der Waals surface area contributed by atoms with Crippen LogP contribution in [0, 0.1) is 0 Å². The zero-order chi connectivity index (χ0) is 18.5. The molecule has 2 aromatic rings. The van der Waals surface area contributed by atoms with Gasteiger partial charge in [-0.1, -0.05) is 6.92 Å². The monoisotopic (exact) mass is 376 g/mol. The van der Waals surface area contributed by atoms with E-state index >= 15 is 0 Å². The fourth-order valence-electron chi connectivity index (χ4n) is 3.22. The molecule has 0 bridgehead atoms. The fourth-order valence-corrected chi connectivity index (χ4v) is 4.29. The van der Waals surface area contributed by atoms with Crippen molar-refractivity contribution in [2.24, 2.45) is 5.73 Å². The van der Waals surface area contributed by atoms with Gasteiger partial charge >= 0.3 is 0 Å². The molecule has 0 aliphatic carbocycles. The molecule has 26 heavy (non-hydrogen) atoms. The smallest absolute Gasteiger partial charge is 0.261 e. The normalized spacial score (nSPS) is 16.8. The van der Waals surface area contributed by atoms with Crippen LogP contribution in [0.1, 0.15) is 52.6 Å². The molecule has 3 heterocycles. The molecule has 2 aromatic heterocycles. The number of carbonyl (C=O) groups is 2. The number of nitrogens with one attached hydrogen (secondary N) is 1. The summed E-state index contributed by atoms with van der Waals surface area (Å²) in [4.78, 5) is 27.9. The number of hydrogen-bond acceptors (Lipinski definition) is 6. The maximum Gasteiger partial charge on any atom is 0.261 e. The van der Waals surface area contributed by atoms with Crippen molar-refractivity contribution in [3.63, 3.8) is 0 Å². The summed E-state index contributed by atoms with van der Waals surface area (Å²) in [6.07, 6.45) is 4.53. The highest BCUT2D eigenvalue weighted by Gasteiger charge is 2.30. The van der Waals surface area contributed by atoms with Gasteiger partial charge in [0.2, 0.25) is 5.91 Å². The average Bonchev–Trinajstić information content (AvgIpc) is 3.38. The Morgan fingerprint density at radius 2 is 2.27 bits per heavy atom. The standard InChI is InChI=1S/C17H24N6O2S/c1-2-7-22-11-20-21-15(22)10-19-17(25)14-6-5-13(26-14)12-4-3-8-23(12)16(24)9-18/h5-6,11-12H,2-4,7-10,18H2,1H3,(H,19,25)/t12-/m1/s1. The lowest BCUT2D eigenvalue weighted by molar-refractivity contribution is -0.130. The van der Waals surface area contributed by atoms with E-state index in [2.05, 4.69) is 22.4 Å². The third kappa shape index (κ3) is 3.94. The number of aromatic nitrogens is 3. The van der Waals surface area contributed by atoms with Crippen LogP contribution >= 0.6 is 11.3 Å². The lowest BCUT2D eigenvalue weighted by Crippen LogP contribution is -2.35. The van der Waals surface area contributed by atoms with Crippen molar-refractivity contribution in [1.29, 1.82) is 0 Å². The number of nitrogens with two attached hydrogens (primary N) is 1. The molecular weight excluding hydrogens is 352 g/mol. The number of thiophene rings is 1. The minimum atomic E-state index is -0.137. The summed E-state index contributed by atoms with van der Waals surface area (Å²) in [6, 6.07) is 3.78. The summed E-state index contributed by atoms with van der Waals surface area (Å²) in [5.74, 6) is 0.566. The fraction of sp³-hybridized carbons (Fsp3) is 0.529. The lowest BCUT2D eigenvalue weighted by atomic mass is 10.2. The van der Waals surface area contributed by atoms with Crippen LogP contribution in [0.2, 0.25) is 0 Å². The van der Waals surface area contributed by atoms with Crippen molar-refractivity contribution in [2.75, 3.05) is 13.1 Å². The minimum absolute atomic E-state index is 0.0215. The van der Waals surface area contributed by atoms with Gasteiger partial charge in [0.05, 0.1) is 24.0 Å². The molecule has 0 aromatic carbocycles. The summed E-state index contributed by atoms with van der Waals surface area (Å²) >= 11 is 1.43. The Labute approximate surface area is 156 Å². The van der Waals surface area contributed by atoms with Gasteiger partial charge in [-0.3, -0.25) is 9.59 Å². The maximum absolute atomic E-state index is 12.5. The van der Waals surface area contributed by atoms with Crippen LogP contribution in [0.4, 0.5) is 0 Å². The summed E-state index contributed by atoms with van der Waals surface area (Å²) in [5, 5.41) is 10.8. The molecule has 0 spiro atoms. The van der Waals surface area contributed by atoms with Crippen molar-refractivity contribution in [2.45, 2.75) is 45.3 Å². The first-order valence-corrected chi connectivity index (χ1v) is 9.69. The Kier molecular flexibility index (Phi) is 6.00. The number of rotatable bonds is 7. The molecule has 1 aliphatic rings. The molecule has 2 amide bonds. The van der Waals surface area contributed by atoms with Crippen LogP contribution in [0.25, 0.3) is 0 Å². The van der Waals surface area contributed by atoms with Crippen LogP contribution in [0.15, 0.2) is 18.5 Å². The van der Waals surface area contributed by atoms with Crippen molar-refractivity contribution >= 4 is 23.2 Å². The van der Waals surface area contributed by atoms with Gasteiger partial charge in [-0.05, 0) is 31.4 Å². The number of hydrogen-bond donors (Lipinski definition) is 2. The van der Waals surface area contributed by atoms with E-state index in [9.17, 15) is 9.59 Å². The first kappa shape index (κ1) is 18.5. The van der Waals surface area contributed by atoms with E-state index in [1.54, 1.807) is 6.33 Å². The molecule has 3 N–H and O–H groups in total. The van der Waals surface area contributed by atoms with Gasteiger partial charge in [-0.2, -0.15) is 0 Å². The highest BCUT2D eigenvalue weighted by molar-refractivity contribution is 7.14. The predicted molar refractivity (Wildman–Crippen MR) is 98.5 cm³/mol. The first-order chi connectivity index (χ1) is 12.6. The van der Waals surface area contributed by atoms with Crippen molar-refractivity contribution < 1.29 is 9.59 Å². The van der Waals surface area contributed by atoms with Gasteiger partial charge in [0.25, 0.3) is 5.91 Å². The van der Waals surface area contributed by atoms with E-state index in [0.29, 0.717) is 11.4 Å². The average molecular weight is 376 g/mol. The Morgan fingerprint density at radius 3 is 3.04 bits per heavy atom. The van der Waals surface area contributed by atoms with Crippen molar-refractivity contribution in [1.82, 2.24) is 25.0 Å². The van der Waals surface area contributed by atoms with Crippen LogP contribution < -0.4 is 11.1 Å². The Hall–Kier alpha value is -2.26. The van der Waals surface area contributed by atoms with E-state index < -0.39 is 0 Å². The first-order valence-electron chi connectivity index (χ1n) is 8.88. The second-order valence-electron chi connectivity index (χ2n) is 6.27. The predicted octanol–water partition coefficient (Wildman–Crippen LogP) is 1.30. The third-order valence-electron chi connectivity index (χ3n) is 4.49. The van der Waals surface area contributed by atoms with E-state index in [-0.39, 0.29) is 24.4 Å². The molecule has 1 atom stereocenters. The molecule has 0 radical (unpaired) electrons. The van der Waals surface area contributed by atoms with Crippen molar-refractivity contribution in [3.05, 3.63) is 34.0 Å². The zero-order valence-electron chi connectivity index (χ0n) is 14.9. The zero-order valence-corrected chi connectivity index (χ0v) is 15.7. The molecule has 140 valence electrons. The largest absolute Gasteiger partial charge is 0.344 e. The van der Waals surface area contributed by atoms with Crippen LogP contribution in [0.3, 0.4) is 0 Å². The number of carbonyl (C=O) groups excluding carboxylic acids is 2. The summed E-state index contributed by atoms with van der Waals surface area (Å²) in [5.41, 5.74) is 5.50. The van der Waals surface area contributed by atoms with E-state index in [0.717, 1.165) is 43.1 Å². The van der Waals surface area contributed by atoms with E-state index in [1.807, 2.05) is 21.6 Å². The molecular formula is C17H24N6O2S. The third-order valence-corrected chi connectivity index (χ3v) is 5.68. The molecule has 8 nitrogen and oxygen atoms in total. The molecule has 9 heteroatoms. The highest BCUT2D eigenvalue weighted by atomic mass is 32.1. The van der Waals surface area contributed by atoms with Gasteiger partial charge < -0.3 is 20.5 Å². The Balaban J connectivity index is 1.63. The number of amides is 2. The van der Waals surface area contributed by atoms with Gasteiger partial charge in [0.1, 0.15) is 6.33 Å². The SMILES string of the molecule is CCCn1cnnc1CNC(=O)c1ccc([C@H]2CCCN2C(=O)CN)s1. The van der Waals surface area contributed by atoms with Crippen LogP contribution in [0.5, 0.6) is 0 Å². The number of likely N-dealkylation sites (tertiary alicyclic amines) is 1. The van der Waals surface area contributed by atoms with E-state index in [4.69, 9.17) is 5.73 Å². The molecule has 3 rings (SSSR count). The minimum Gasteiger partial charge on any atom is -0.344 e. The maximum atomic E-state index is 12.5. The molecule has 1 fully saturated rings. The summed E-state index contributed by atoms with van der Waals surface area (Å²) in [6.45, 7) is 4.00. The van der Waals surface area contributed by atoms with Gasteiger partial charge in [-0.15, -0.1) is 21.5 Å². The van der Waals surface area contributed by atoms with Gasteiger partial charge in [-0.25, -0.2) is 0 Å². The van der Waals surface area contributed by atoms with Gasteiger partial charge in [0.15, 0.2) is 5.82 Å². The van der Waals surface area contributed by atoms with Crippen LogP contribution in [-0.2, 0) is 17.9 Å². The molecule has 0 saturated carbocycles. The number of aryl methyl sites for hydroxylation is 1. The van der Waals surface area contributed by atoms with Crippen LogP contribution in [-0.4, -0.2) is 44.6 Å². The highest BCUT2D eigenvalue weighted by Crippen LogP contribution is 2.35. The topological polar surface area (TPSA) is 106 Å². The Bertz CT molecular complexity index is 771. The second kappa shape index (κ2) is 8.41. The molecule has 1 saturated heterocycles. The lowest BCUT2D eigenvalue weighted by Gasteiger charge is -2.23. The number of nitrogens with zero attached hydrogens (tertiary/aromatic N) is 4. The summed E-state index contributed by atoms with van der Waals surface area (Å²) < 4.78 is 1.94.